The zero-order chi connectivity index (χ0) is 26.3. The molecule has 0 spiro atoms. The van der Waals surface area contributed by atoms with Gasteiger partial charge in [-0.1, -0.05) is 38.2 Å². The van der Waals surface area contributed by atoms with Crippen molar-refractivity contribution < 1.29 is 23.1 Å². The van der Waals surface area contributed by atoms with Crippen molar-refractivity contribution >= 4 is 33.3 Å². The first kappa shape index (κ1) is 24.9. The summed E-state index contributed by atoms with van der Waals surface area (Å²) in [5.41, 5.74) is 0.369. The molecular weight excluding hydrogens is 497 g/mol. The Morgan fingerprint density at radius 3 is 2.65 bits per heavy atom. The summed E-state index contributed by atoms with van der Waals surface area (Å²) >= 11 is 1.27. The van der Waals surface area contributed by atoms with Crippen LogP contribution in [0.15, 0.2) is 45.6 Å². The number of benzene rings is 2. The highest BCUT2D eigenvalue weighted by Gasteiger charge is 2.45. The van der Waals surface area contributed by atoms with Crippen LogP contribution >= 0.6 is 11.3 Å². The lowest BCUT2D eigenvalue weighted by atomic mass is 9.98. The number of nitrogens with zero attached hydrogens (tertiary/aromatic N) is 3. The van der Waals surface area contributed by atoms with E-state index in [0.717, 1.165) is 17.5 Å². The average Bonchev–Trinajstić information content (AvgIpc) is 3.47. The van der Waals surface area contributed by atoms with E-state index < -0.39 is 23.2 Å². The number of methoxy groups -OCH3 is 1. The molecule has 1 unspecified atom stereocenters. The second-order valence-electron chi connectivity index (χ2n) is 9.17. The van der Waals surface area contributed by atoms with Gasteiger partial charge >= 0.3 is 0 Å². The third kappa shape index (κ3) is 4.46. The van der Waals surface area contributed by atoms with Crippen molar-refractivity contribution in [1.82, 2.24) is 10.2 Å². The fourth-order valence-electron chi connectivity index (χ4n) is 4.32. The molecule has 10 heteroatoms. The monoisotopic (exact) mass is 523 g/mol. The number of amides is 1. The predicted octanol–water partition coefficient (Wildman–Crippen LogP) is 5.53. The first-order valence-electron chi connectivity index (χ1n) is 12.0. The maximum Gasteiger partial charge on any atom is 0.297 e. The van der Waals surface area contributed by atoms with Crippen molar-refractivity contribution in [2.45, 2.75) is 39.7 Å². The smallest absolute Gasteiger partial charge is 0.297 e. The number of rotatable bonds is 8. The van der Waals surface area contributed by atoms with Gasteiger partial charge in [0.2, 0.25) is 10.9 Å². The van der Waals surface area contributed by atoms with Crippen molar-refractivity contribution in [3.05, 3.63) is 74.3 Å². The molecule has 0 bridgehead atoms. The number of carbonyl (C=O) groups is 1. The van der Waals surface area contributed by atoms with Gasteiger partial charge in [-0.3, -0.25) is 14.5 Å². The lowest BCUT2D eigenvalue weighted by Gasteiger charge is -2.23. The minimum atomic E-state index is -0.873. The third-order valence-corrected chi connectivity index (χ3v) is 7.32. The molecule has 0 radical (unpaired) electrons. The standard InChI is InChI=1S/C27H26FN3O5S/c1-5-21-29-30-27(37-21)31-23(15-6-8-19(20(12-15)34-4)35-11-10-14(2)3)22-24(32)17-13-16(28)7-9-18(17)36-25(22)26(31)33/h6-9,12-14,23H,5,10-11H2,1-4H3. The lowest BCUT2D eigenvalue weighted by molar-refractivity contribution is 0.0970. The SMILES string of the molecule is CCc1nnc(N2C(=O)c3oc4ccc(F)cc4c(=O)c3C2c2ccc(OCCC(C)C)c(OC)c2)s1. The average molecular weight is 524 g/mol. The van der Waals surface area contributed by atoms with Crippen LogP contribution in [0.2, 0.25) is 0 Å². The summed E-state index contributed by atoms with van der Waals surface area (Å²) in [6.45, 7) is 6.70. The third-order valence-electron chi connectivity index (χ3n) is 6.25. The van der Waals surface area contributed by atoms with Gasteiger partial charge in [0.05, 0.1) is 30.7 Å². The van der Waals surface area contributed by atoms with Gasteiger partial charge in [-0.15, -0.1) is 10.2 Å². The molecule has 1 amide bonds. The van der Waals surface area contributed by atoms with Gasteiger partial charge in [0.25, 0.3) is 5.91 Å². The summed E-state index contributed by atoms with van der Waals surface area (Å²) in [6, 6.07) is 8.07. The number of ether oxygens (including phenoxy) is 2. The van der Waals surface area contributed by atoms with Crippen LogP contribution < -0.4 is 19.8 Å². The molecule has 3 heterocycles. The Labute approximate surface area is 216 Å². The largest absolute Gasteiger partial charge is 0.493 e. The Kier molecular flexibility index (Phi) is 6.68. The van der Waals surface area contributed by atoms with E-state index in [9.17, 15) is 14.0 Å². The summed E-state index contributed by atoms with van der Waals surface area (Å²) in [7, 11) is 1.53. The number of anilines is 1. The molecule has 0 N–H and O–H groups in total. The number of hydrogen-bond acceptors (Lipinski definition) is 8. The van der Waals surface area contributed by atoms with Crippen LogP contribution in [-0.4, -0.2) is 29.8 Å². The molecule has 4 aromatic rings. The maximum absolute atomic E-state index is 14.0. The number of hydrogen-bond donors (Lipinski definition) is 0. The fourth-order valence-corrected chi connectivity index (χ4v) is 5.13. The topological polar surface area (TPSA) is 94.8 Å². The molecule has 192 valence electrons. The molecule has 2 aromatic heterocycles. The second kappa shape index (κ2) is 9.93. The van der Waals surface area contributed by atoms with Gasteiger partial charge in [0.15, 0.2) is 16.9 Å². The molecule has 0 saturated carbocycles. The van der Waals surface area contributed by atoms with Crippen LogP contribution in [0.25, 0.3) is 11.0 Å². The molecule has 2 aromatic carbocycles. The van der Waals surface area contributed by atoms with E-state index in [2.05, 4.69) is 24.0 Å². The van der Waals surface area contributed by atoms with Gasteiger partial charge in [-0.2, -0.15) is 0 Å². The van der Waals surface area contributed by atoms with Crippen LogP contribution in [-0.2, 0) is 6.42 Å². The van der Waals surface area contributed by atoms with Gasteiger partial charge in [-0.25, -0.2) is 4.39 Å². The highest BCUT2D eigenvalue weighted by Crippen LogP contribution is 2.44. The number of carbonyl (C=O) groups excluding carboxylic acids is 1. The van der Waals surface area contributed by atoms with Crippen molar-refractivity contribution in [1.29, 1.82) is 0 Å². The van der Waals surface area contributed by atoms with Crippen molar-refractivity contribution in [2.75, 3.05) is 18.6 Å². The Morgan fingerprint density at radius 1 is 1.14 bits per heavy atom. The van der Waals surface area contributed by atoms with E-state index in [0.29, 0.717) is 41.1 Å². The van der Waals surface area contributed by atoms with Crippen molar-refractivity contribution in [3.63, 3.8) is 0 Å². The van der Waals surface area contributed by atoms with Gasteiger partial charge in [0.1, 0.15) is 16.4 Å². The van der Waals surface area contributed by atoms with E-state index in [1.54, 1.807) is 18.2 Å². The van der Waals surface area contributed by atoms with Crippen molar-refractivity contribution in [3.8, 4) is 11.5 Å². The number of aryl methyl sites for hydroxylation is 1. The molecule has 37 heavy (non-hydrogen) atoms. The molecule has 1 atom stereocenters. The minimum Gasteiger partial charge on any atom is -0.493 e. The summed E-state index contributed by atoms with van der Waals surface area (Å²) in [5.74, 6) is 0.318. The Bertz CT molecular complexity index is 1550. The van der Waals surface area contributed by atoms with E-state index >= 15 is 0 Å². The summed E-state index contributed by atoms with van der Waals surface area (Å²) in [4.78, 5) is 28.8. The maximum atomic E-state index is 14.0. The summed E-state index contributed by atoms with van der Waals surface area (Å²) < 4.78 is 31.4. The van der Waals surface area contributed by atoms with Gasteiger partial charge < -0.3 is 13.9 Å². The van der Waals surface area contributed by atoms with Crippen LogP contribution in [0.4, 0.5) is 9.52 Å². The van der Waals surface area contributed by atoms with E-state index in [1.165, 1.54) is 35.5 Å². The lowest BCUT2D eigenvalue weighted by Crippen LogP contribution is -2.29. The van der Waals surface area contributed by atoms with Crippen LogP contribution in [0.1, 0.15) is 59.9 Å². The predicted molar refractivity (Wildman–Crippen MR) is 138 cm³/mol. The van der Waals surface area contributed by atoms with E-state index in [1.807, 2.05) is 6.92 Å². The van der Waals surface area contributed by atoms with Gasteiger partial charge in [-0.05, 0) is 54.7 Å². The fraction of sp³-hybridized carbons (Fsp3) is 0.333. The quantitative estimate of drug-likeness (QED) is 0.300. The number of aromatic nitrogens is 2. The van der Waals surface area contributed by atoms with Crippen molar-refractivity contribution in [2.24, 2.45) is 5.92 Å². The first-order chi connectivity index (χ1) is 17.8. The molecular formula is C27H26FN3O5S. The van der Waals surface area contributed by atoms with Crippen LogP contribution in [0.3, 0.4) is 0 Å². The Balaban J connectivity index is 1.68. The summed E-state index contributed by atoms with van der Waals surface area (Å²) in [5, 5.41) is 9.53. The molecule has 1 aliphatic rings. The summed E-state index contributed by atoms with van der Waals surface area (Å²) in [6.07, 6.45) is 1.53. The van der Waals surface area contributed by atoms with E-state index in [-0.39, 0.29) is 22.3 Å². The highest BCUT2D eigenvalue weighted by atomic mass is 32.1. The minimum absolute atomic E-state index is 0.0607. The molecule has 0 saturated heterocycles. The molecule has 0 aliphatic carbocycles. The molecule has 0 fully saturated rings. The Hall–Kier alpha value is -3.79. The normalized spacial score (nSPS) is 15.0. The number of halogens is 1. The van der Waals surface area contributed by atoms with Crippen LogP contribution in [0.5, 0.6) is 11.5 Å². The van der Waals surface area contributed by atoms with Crippen LogP contribution in [0, 0.1) is 11.7 Å². The molecule has 1 aliphatic heterocycles. The number of fused-ring (bicyclic) bond motifs is 2. The second-order valence-corrected chi connectivity index (χ2v) is 10.2. The highest BCUT2D eigenvalue weighted by molar-refractivity contribution is 7.15. The first-order valence-corrected chi connectivity index (χ1v) is 12.9. The molecule has 8 nitrogen and oxygen atoms in total. The van der Waals surface area contributed by atoms with E-state index in [4.69, 9.17) is 13.9 Å². The van der Waals surface area contributed by atoms with Gasteiger partial charge in [0, 0.05) is 0 Å². The molecule has 5 rings (SSSR count). The Morgan fingerprint density at radius 2 is 1.95 bits per heavy atom. The zero-order valence-corrected chi connectivity index (χ0v) is 21.7. The zero-order valence-electron chi connectivity index (χ0n) is 20.9.